The van der Waals surface area contributed by atoms with E-state index in [4.69, 9.17) is 14.5 Å². The number of aryl methyl sites for hydroxylation is 1. The van der Waals surface area contributed by atoms with Crippen molar-refractivity contribution in [1.29, 1.82) is 0 Å². The van der Waals surface area contributed by atoms with Crippen LogP contribution >= 0.6 is 0 Å². The zero-order chi connectivity index (χ0) is 27.3. The highest BCUT2D eigenvalue weighted by molar-refractivity contribution is 5.95. The summed E-state index contributed by atoms with van der Waals surface area (Å²) in [6.07, 6.45) is 3.02. The van der Waals surface area contributed by atoms with Crippen LogP contribution in [0.5, 0.6) is 5.75 Å². The molecule has 0 radical (unpaired) electrons. The highest BCUT2D eigenvalue weighted by atomic mass is 16.5. The number of fused-ring (bicyclic) bond motifs is 1. The molecule has 204 valence electrons. The van der Waals surface area contributed by atoms with Gasteiger partial charge in [-0.2, -0.15) is 0 Å². The Morgan fingerprint density at radius 2 is 1.73 bits per heavy atom. The van der Waals surface area contributed by atoms with Gasteiger partial charge in [-0.05, 0) is 59.9 Å². The molecule has 40 heavy (non-hydrogen) atoms. The fraction of sp³-hybridized carbons (Fsp3) is 0.294. The summed E-state index contributed by atoms with van der Waals surface area (Å²) in [6.45, 7) is 7.35. The van der Waals surface area contributed by atoms with Crippen LogP contribution in [0.3, 0.4) is 0 Å². The number of amides is 1. The number of pyridine rings is 1. The van der Waals surface area contributed by atoms with Crippen molar-refractivity contribution in [2.45, 2.75) is 19.9 Å². The summed E-state index contributed by atoms with van der Waals surface area (Å²) >= 11 is 0. The highest BCUT2D eigenvalue weighted by Gasteiger charge is 2.20. The van der Waals surface area contributed by atoms with E-state index in [-0.39, 0.29) is 12.5 Å². The fourth-order valence-corrected chi connectivity index (χ4v) is 5.60. The largest absolute Gasteiger partial charge is 0.483 e. The van der Waals surface area contributed by atoms with E-state index in [1.807, 2.05) is 30.0 Å². The Morgan fingerprint density at radius 3 is 2.52 bits per heavy atom. The number of nitrogens with zero attached hydrogens (tertiary/aromatic N) is 3. The first kappa shape index (κ1) is 26.2. The number of carbonyl (C=O) groups is 1. The maximum absolute atomic E-state index is 13.1. The number of ether oxygens (including phenoxy) is 2. The second-order valence-electron chi connectivity index (χ2n) is 10.5. The molecule has 1 aromatic heterocycles. The zero-order valence-corrected chi connectivity index (χ0v) is 23.0. The van der Waals surface area contributed by atoms with Gasteiger partial charge in [-0.1, -0.05) is 60.7 Å². The number of hydrogen-bond acceptors (Lipinski definition) is 5. The maximum Gasteiger partial charge on any atom is 0.260 e. The van der Waals surface area contributed by atoms with Crippen molar-refractivity contribution >= 4 is 22.4 Å². The normalized spacial score (nSPS) is 16.1. The molecule has 1 fully saturated rings. The number of morpholine rings is 1. The van der Waals surface area contributed by atoms with Crippen molar-refractivity contribution in [2.75, 3.05) is 46.0 Å². The Labute approximate surface area is 235 Å². The number of aromatic nitrogens is 1. The molecule has 1 saturated heterocycles. The Morgan fingerprint density at radius 1 is 0.925 bits per heavy atom. The summed E-state index contributed by atoms with van der Waals surface area (Å²) < 4.78 is 11.8. The average Bonchev–Trinajstić information content (AvgIpc) is 3.01. The lowest BCUT2D eigenvalue weighted by molar-refractivity contribution is -0.132. The van der Waals surface area contributed by atoms with E-state index in [9.17, 15) is 4.79 Å². The first-order valence-corrected chi connectivity index (χ1v) is 14.1. The standard InChI is InChI=1S/C34H35N3O3/c1-25-21-31(30-9-5-6-10-32(30)35-25)28-11-12-33(29(22-28)23-36-17-19-39-20-18-36)40-24-34(38)37-15-13-27(14-16-37)26-7-3-2-4-8-26/h2-13,21-22H,14-20,23-24H2,1H3. The van der Waals surface area contributed by atoms with Crippen LogP contribution in [0.4, 0.5) is 0 Å². The van der Waals surface area contributed by atoms with E-state index in [0.717, 1.165) is 78.3 Å². The van der Waals surface area contributed by atoms with Gasteiger partial charge in [-0.15, -0.1) is 0 Å². The minimum atomic E-state index is 0.0144. The molecule has 3 heterocycles. The third-order valence-corrected chi connectivity index (χ3v) is 7.77. The molecule has 0 unspecified atom stereocenters. The minimum Gasteiger partial charge on any atom is -0.483 e. The van der Waals surface area contributed by atoms with Crippen LogP contribution in [-0.2, 0) is 16.1 Å². The van der Waals surface area contributed by atoms with Gasteiger partial charge in [-0.3, -0.25) is 14.7 Å². The third kappa shape index (κ3) is 5.93. The minimum absolute atomic E-state index is 0.0144. The molecule has 0 atom stereocenters. The lowest BCUT2D eigenvalue weighted by Gasteiger charge is -2.28. The van der Waals surface area contributed by atoms with Gasteiger partial charge in [-0.25, -0.2) is 0 Å². The number of carbonyl (C=O) groups excluding carboxylic acids is 1. The molecule has 0 bridgehead atoms. The number of para-hydroxylation sites is 1. The lowest BCUT2D eigenvalue weighted by atomic mass is 9.98. The van der Waals surface area contributed by atoms with Crippen LogP contribution in [0.25, 0.3) is 27.6 Å². The van der Waals surface area contributed by atoms with Crippen LogP contribution < -0.4 is 4.74 Å². The molecule has 1 amide bonds. The van der Waals surface area contributed by atoms with Crippen LogP contribution in [-0.4, -0.2) is 66.7 Å². The van der Waals surface area contributed by atoms with Gasteiger partial charge in [0, 0.05) is 49.4 Å². The molecule has 2 aliphatic rings. The van der Waals surface area contributed by atoms with Crippen molar-refractivity contribution in [3.8, 4) is 16.9 Å². The molecule has 2 aliphatic heterocycles. The quantitative estimate of drug-likeness (QED) is 0.303. The SMILES string of the molecule is Cc1cc(-c2ccc(OCC(=O)N3CC=C(c4ccccc4)CC3)c(CN3CCOCC3)c2)c2ccccc2n1. The van der Waals surface area contributed by atoms with Gasteiger partial charge in [0.2, 0.25) is 0 Å². The highest BCUT2D eigenvalue weighted by Crippen LogP contribution is 2.33. The molecule has 6 nitrogen and oxygen atoms in total. The van der Waals surface area contributed by atoms with Gasteiger partial charge in [0.05, 0.1) is 18.7 Å². The smallest absolute Gasteiger partial charge is 0.260 e. The number of benzene rings is 3. The van der Waals surface area contributed by atoms with E-state index >= 15 is 0 Å². The van der Waals surface area contributed by atoms with E-state index < -0.39 is 0 Å². The summed E-state index contributed by atoms with van der Waals surface area (Å²) in [4.78, 5) is 22.1. The van der Waals surface area contributed by atoms with Crippen LogP contribution in [0.1, 0.15) is 23.2 Å². The predicted octanol–water partition coefficient (Wildman–Crippen LogP) is 5.74. The van der Waals surface area contributed by atoms with E-state index in [1.165, 1.54) is 11.1 Å². The summed E-state index contributed by atoms with van der Waals surface area (Å²) in [5.41, 5.74) is 7.87. The Kier molecular flexibility index (Phi) is 7.89. The summed E-state index contributed by atoms with van der Waals surface area (Å²) in [5.74, 6) is 0.775. The van der Waals surface area contributed by atoms with Gasteiger partial charge in [0.1, 0.15) is 5.75 Å². The second kappa shape index (κ2) is 12.0. The molecular weight excluding hydrogens is 498 g/mol. The van der Waals surface area contributed by atoms with Gasteiger partial charge >= 0.3 is 0 Å². The predicted molar refractivity (Wildman–Crippen MR) is 159 cm³/mol. The third-order valence-electron chi connectivity index (χ3n) is 7.77. The van der Waals surface area contributed by atoms with Gasteiger partial charge in [0.25, 0.3) is 5.91 Å². The molecule has 0 N–H and O–H groups in total. The lowest BCUT2D eigenvalue weighted by Crippen LogP contribution is -2.38. The summed E-state index contributed by atoms with van der Waals surface area (Å²) in [6, 6.07) is 27.1. The molecule has 0 spiro atoms. The molecule has 6 rings (SSSR count). The average molecular weight is 534 g/mol. The zero-order valence-electron chi connectivity index (χ0n) is 23.0. The number of rotatable bonds is 7. The molecule has 0 aliphatic carbocycles. The van der Waals surface area contributed by atoms with Gasteiger partial charge < -0.3 is 14.4 Å². The van der Waals surface area contributed by atoms with E-state index in [1.54, 1.807) is 0 Å². The Bertz CT molecular complexity index is 1530. The topological polar surface area (TPSA) is 54.9 Å². The number of hydrogen-bond donors (Lipinski definition) is 0. The van der Waals surface area contributed by atoms with Crippen molar-refractivity contribution < 1.29 is 14.3 Å². The van der Waals surface area contributed by atoms with E-state index in [0.29, 0.717) is 13.1 Å². The Balaban J connectivity index is 1.21. The fourth-order valence-electron chi connectivity index (χ4n) is 5.60. The van der Waals surface area contributed by atoms with E-state index in [2.05, 4.69) is 71.6 Å². The monoisotopic (exact) mass is 533 g/mol. The maximum atomic E-state index is 13.1. The van der Waals surface area contributed by atoms with Crippen molar-refractivity contribution in [3.63, 3.8) is 0 Å². The first-order chi connectivity index (χ1) is 19.6. The summed E-state index contributed by atoms with van der Waals surface area (Å²) in [5, 5.41) is 1.13. The van der Waals surface area contributed by atoms with Crippen LogP contribution in [0, 0.1) is 6.92 Å². The van der Waals surface area contributed by atoms with Crippen molar-refractivity contribution in [2.24, 2.45) is 0 Å². The van der Waals surface area contributed by atoms with Crippen molar-refractivity contribution in [3.05, 3.63) is 102 Å². The summed E-state index contributed by atoms with van der Waals surface area (Å²) in [7, 11) is 0. The van der Waals surface area contributed by atoms with Crippen LogP contribution in [0.15, 0.2) is 84.9 Å². The van der Waals surface area contributed by atoms with Crippen LogP contribution in [0.2, 0.25) is 0 Å². The molecule has 0 saturated carbocycles. The van der Waals surface area contributed by atoms with Crippen molar-refractivity contribution in [1.82, 2.24) is 14.8 Å². The second-order valence-corrected chi connectivity index (χ2v) is 10.5. The molecular formula is C34H35N3O3. The molecule has 3 aromatic carbocycles. The first-order valence-electron chi connectivity index (χ1n) is 14.1. The van der Waals surface area contributed by atoms with Gasteiger partial charge in [0.15, 0.2) is 6.61 Å². The molecule has 4 aromatic rings. The Hall–Kier alpha value is -4.00. The molecule has 6 heteroatoms.